The van der Waals surface area contributed by atoms with Crippen molar-refractivity contribution in [2.24, 2.45) is 0 Å². The van der Waals surface area contributed by atoms with Crippen LogP contribution in [0, 0.1) is 0 Å². The van der Waals surface area contributed by atoms with Gasteiger partial charge in [0.05, 0.1) is 0 Å². The Hall–Kier alpha value is -5.34. The molecule has 2 nitrogen and oxygen atoms in total. The fraction of sp³-hybridized carbons (Fsp3) is 0.0732. The highest BCUT2D eigenvalue weighted by Crippen LogP contribution is 2.43. The Balaban J connectivity index is 0.000000281. The molecule has 43 heavy (non-hydrogen) atoms. The SMILES string of the molecule is CCCNc1ccccc1.Nc1ccc(-c2c3ccccc3c(-c3ccc(-c4ccccc4)cc3)c3ccccc23)cc1. The molecule has 0 aliphatic rings. The molecule has 0 fully saturated rings. The summed E-state index contributed by atoms with van der Waals surface area (Å²) in [6, 6.07) is 55.4. The maximum Gasteiger partial charge on any atom is 0.0340 e. The lowest BCUT2D eigenvalue weighted by molar-refractivity contribution is 0.980. The summed E-state index contributed by atoms with van der Waals surface area (Å²) in [5.41, 5.74) is 15.4. The van der Waals surface area contributed by atoms with Crippen LogP contribution in [0.2, 0.25) is 0 Å². The van der Waals surface area contributed by atoms with Crippen LogP contribution in [0.25, 0.3) is 54.9 Å². The maximum absolute atomic E-state index is 5.98. The molecule has 210 valence electrons. The molecule has 0 aromatic heterocycles. The van der Waals surface area contributed by atoms with Crippen LogP contribution < -0.4 is 11.1 Å². The molecule has 0 aliphatic carbocycles. The molecule has 3 N–H and O–H groups in total. The number of nitrogen functional groups attached to an aromatic ring is 1. The van der Waals surface area contributed by atoms with Crippen molar-refractivity contribution < 1.29 is 0 Å². The van der Waals surface area contributed by atoms with Gasteiger partial charge >= 0.3 is 0 Å². The summed E-state index contributed by atoms with van der Waals surface area (Å²) < 4.78 is 0. The van der Waals surface area contributed by atoms with Crippen LogP contribution >= 0.6 is 0 Å². The van der Waals surface area contributed by atoms with E-state index in [4.69, 9.17) is 5.73 Å². The lowest BCUT2D eigenvalue weighted by Gasteiger charge is -2.18. The minimum atomic E-state index is 0.780. The van der Waals surface area contributed by atoms with Crippen molar-refractivity contribution in [2.45, 2.75) is 13.3 Å². The number of benzene rings is 7. The second kappa shape index (κ2) is 13.1. The van der Waals surface area contributed by atoms with Crippen molar-refractivity contribution in [2.75, 3.05) is 17.6 Å². The third kappa shape index (κ3) is 6.14. The van der Waals surface area contributed by atoms with E-state index in [2.05, 4.69) is 140 Å². The van der Waals surface area contributed by atoms with Crippen LogP contribution in [0.5, 0.6) is 0 Å². The molecule has 0 saturated heterocycles. The summed E-state index contributed by atoms with van der Waals surface area (Å²) in [5, 5.41) is 8.32. The monoisotopic (exact) mass is 556 g/mol. The van der Waals surface area contributed by atoms with Gasteiger partial charge in [-0.3, -0.25) is 0 Å². The van der Waals surface area contributed by atoms with Gasteiger partial charge in [0.2, 0.25) is 0 Å². The zero-order valence-electron chi connectivity index (χ0n) is 24.5. The fourth-order valence-electron chi connectivity index (χ4n) is 5.69. The van der Waals surface area contributed by atoms with Crippen molar-refractivity contribution >= 4 is 32.9 Å². The van der Waals surface area contributed by atoms with E-state index in [1.54, 1.807) is 0 Å². The van der Waals surface area contributed by atoms with Crippen LogP contribution in [0.15, 0.2) is 158 Å². The molecule has 2 heteroatoms. The Labute approximate surface area is 254 Å². The van der Waals surface area contributed by atoms with Gasteiger partial charge in [-0.05, 0) is 85.6 Å². The van der Waals surface area contributed by atoms with E-state index in [1.807, 2.05) is 30.3 Å². The molecular formula is C41H36N2. The number of hydrogen-bond acceptors (Lipinski definition) is 2. The van der Waals surface area contributed by atoms with Crippen LogP contribution in [-0.4, -0.2) is 6.54 Å². The quantitative estimate of drug-likeness (QED) is 0.158. The number of hydrogen-bond donors (Lipinski definition) is 2. The minimum absolute atomic E-state index is 0.780. The van der Waals surface area contributed by atoms with Gasteiger partial charge in [0.1, 0.15) is 0 Å². The first-order valence-electron chi connectivity index (χ1n) is 15.0. The molecule has 0 unspecified atom stereocenters. The molecule has 0 heterocycles. The molecule has 7 aromatic carbocycles. The van der Waals surface area contributed by atoms with Gasteiger partial charge in [-0.2, -0.15) is 0 Å². The number of fused-ring (bicyclic) bond motifs is 2. The minimum Gasteiger partial charge on any atom is -0.399 e. The van der Waals surface area contributed by atoms with Crippen molar-refractivity contribution in [1.29, 1.82) is 0 Å². The number of rotatable bonds is 6. The first kappa shape index (κ1) is 27.8. The first-order valence-corrected chi connectivity index (χ1v) is 15.0. The van der Waals surface area contributed by atoms with Crippen molar-refractivity contribution in [3.8, 4) is 33.4 Å². The van der Waals surface area contributed by atoms with Crippen LogP contribution in [-0.2, 0) is 0 Å². The highest BCUT2D eigenvalue weighted by molar-refractivity contribution is 6.21. The summed E-state index contributed by atoms with van der Waals surface area (Å²) in [4.78, 5) is 0. The van der Waals surface area contributed by atoms with Crippen LogP contribution in [0.4, 0.5) is 11.4 Å². The summed E-state index contributed by atoms with van der Waals surface area (Å²) in [5.74, 6) is 0. The average molecular weight is 557 g/mol. The Bertz CT molecular complexity index is 1870. The summed E-state index contributed by atoms with van der Waals surface area (Å²) in [6.07, 6.45) is 1.18. The van der Waals surface area contributed by atoms with Gasteiger partial charge in [-0.1, -0.05) is 140 Å². The molecule has 0 amide bonds. The molecule has 0 bridgehead atoms. The second-order valence-electron chi connectivity index (χ2n) is 10.7. The Kier molecular flexibility index (Phi) is 8.47. The molecular weight excluding hydrogens is 520 g/mol. The van der Waals surface area contributed by atoms with E-state index in [1.165, 1.54) is 67.0 Å². The molecule has 0 saturated carbocycles. The van der Waals surface area contributed by atoms with E-state index in [0.29, 0.717) is 0 Å². The third-order valence-electron chi connectivity index (χ3n) is 7.76. The van der Waals surface area contributed by atoms with E-state index >= 15 is 0 Å². The summed E-state index contributed by atoms with van der Waals surface area (Å²) in [6.45, 7) is 3.22. The standard InChI is InChI=1S/C32H23N.C9H13N/c33-26-20-18-25(19-21-26)32-29-12-6-4-10-27(29)31(28-11-5-7-13-30(28)32)24-16-14-23(15-17-24)22-8-2-1-3-9-22;1-2-8-10-9-6-4-3-5-7-9/h1-21H,33H2;3-7,10H,2,8H2,1H3. The maximum atomic E-state index is 5.98. The summed E-state index contributed by atoms with van der Waals surface area (Å²) in [7, 11) is 0. The van der Waals surface area contributed by atoms with Gasteiger partial charge in [-0.25, -0.2) is 0 Å². The Morgan fingerprint density at radius 3 is 1.26 bits per heavy atom. The molecule has 0 aliphatic heterocycles. The number of nitrogens with one attached hydrogen (secondary N) is 1. The number of nitrogens with two attached hydrogens (primary N) is 1. The van der Waals surface area contributed by atoms with Gasteiger partial charge < -0.3 is 11.1 Å². The first-order chi connectivity index (χ1) is 21.2. The van der Waals surface area contributed by atoms with Gasteiger partial charge in [-0.15, -0.1) is 0 Å². The topological polar surface area (TPSA) is 38.0 Å². The molecule has 7 rings (SSSR count). The van der Waals surface area contributed by atoms with Crippen molar-refractivity contribution in [1.82, 2.24) is 0 Å². The number of anilines is 2. The Morgan fingerprint density at radius 2 is 0.791 bits per heavy atom. The lowest BCUT2D eigenvalue weighted by Crippen LogP contribution is -1.98. The largest absolute Gasteiger partial charge is 0.399 e. The highest BCUT2D eigenvalue weighted by atomic mass is 14.9. The smallest absolute Gasteiger partial charge is 0.0340 e. The normalized spacial score (nSPS) is 10.7. The molecule has 7 aromatic rings. The summed E-state index contributed by atoms with van der Waals surface area (Å²) >= 11 is 0. The van der Waals surface area contributed by atoms with E-state index in [-0.39, 0.29) is 0 Å². The van der Waals surface area contributed by atoms with E-state index < -0.39 is 0 Å². The third-order valence-corrected chi connectivity index (χ3v) is 7.76. The molecule has 0 radical (unpaired) electrons. The molecule has 0 spiro atoms. The van der Waals surface area contributed by atoms with Crippen LogP contribution in [0.3, 0.4) is 0 Å². The predicted molar refractivity (Wildman–Crippen MR) is 187 cm³/mol. The van der Waals surface area contributed by atoms with Crippen LogP contribution in [0.1, 0.15) is 13.3 Å². The van der Waals surface area contributed by atoms with Crippen molar-refractivity contribution in [3.63, 3.8) is 0 Å². The van der Waals surface area contributed by atoms with Crippen molar-refractivity contribution in [3.05, 3.63) is 158 Å². The zero-order valence-corrected chi connectivity index (χ0v) is 24.5. The average Bonchev–Trinajstić information content (AvgIpc) is 3.08. The number of para-hydroxylation sites is 1. The predicted octanol–water partition coefficient (Wildman–Crippen LogP) is 11.1. The van der Waals surface area contributed by atoms with E-state index in [9.17, 15) is 0 Å². The van der Waals surface area contributed by atoms with Gasteiger partial charge in [0.15, 0.2) is 0 Å². The Morgan fingerprint density at radius 1 is 0.419 bits per heavy atom. The molecule has 0 atom stereocenters. The fourth-order valence-corrected chi connectivity index (χ4v) is 5.69. The van der Waals surface area contributed by atoms with Gasteiger partial charge in [0.25, 0.3) is 0 Å². The second-order valence-corrected chi connectivity index (χ2v) is 10.7. The van der Waals surface area contributed by atoms with Gasteiger partial charge in [0, 0.05) is 17.9 Å². The lowest BCUT2D eigenvalue weighted by atomic mass is 9.85. The van der Waals surface area contributed by atoms with E-state index in [0.717, 1.165) is 12.2 Å². The highest BCUT2D eigenvalue weighted by Gasteiger charge is 2.16. The zero-order chi connectivity index (χ0) is 29.4.